The first kappa shape index (κ1) is 18.6. The van der Waals surface area contributed by atoms with Crippen LogP contribution in [0.25, 0.3) is 16.9 Å². The van der Waals surface area contributed by atoms with Crippen molar-refractivity contribution < 1.29 is 0 Å². The number of anilines is 1. The van der Waals surface area contributed by atoms with Crippen LogP contribution in [0.2, 0.25) is 0 Å². The number of H-pyrrole nitrogens is 1. The maximum atomic E-state index is 12.8. The fraction of sp³-hybridized carbons (Fsp3) is 0.294. The highest BCUT2D eigenvalue weighted by Crippen LogP contribution is 2.20. The number of nitrogens with zero attached hydrogens (tertiary/aromatic N) is 5. The van der Waals surface area contributed by atoms with Gasteiger partial charge in [0.1, 0.15) is 12.1 Å². The number of aromatic nitrogens is 5. The Balaban J connectivity index is 0.00000196. The quantitative estimate of drug-likeness (QED) is 0.681. The van der Waals surface area contributed by atoms with Gasteiger partial charge in [0.25, 0.3) is 5.56 Å². The summed E-state index contributed by atoms with van der Waals surface area (Å²) in [5.41, 5.74) is 1.13. The highest BCUT2D eigenvalue weighted by Gasteiger charge is 2.15. The molecule has 1 saturated heterocycles. The van der Waals surface area contributed by atoms with Gasteiger partial charge < -0.3 is 4.90 Å². The fourth-order valence-corrected chi connectivity index (χ4v) is 3.43. The Bertz CT molecular complexity index is 950. The zero-order valence-electron chi connectivity index (χ0n) is 13.9. The van der Waals surface area contributed by atoms with E-state index in [1.807, 2.05) is 12.1 Å². The third-order valence-electron chi connectivity index (χ3n) is 4.33. The lowest BCUT2D eigenvalue weighted by Crippen LogP contribution is -2.30. The highest BCUT2D eigenvalue weighted by atomic mass is 79.9. The minimum absolute atomic E-state index is 0. The molecular weight excluding hydrogens is 420 g/mol. The van der Waals surface area contributed by atoms with E-state index in [0.717, 1.165) is 28.9 Å². The summed E-state index contributed by atoms with van der Waals surface area (Å²) in [5.74, 6) is 1.40. The predicted octanol–water partition coefficient (Wildman–Crippen LogP) is 3.19. The van der Waals surface area contributed by atoms with Crippen LogP contribution < -0.4 is 10.5 Å². The van der Waals surface area contributed by atoms with Crippen molar-refractivity contribution >= 4 is 34.2 Å². The summed E-state index contributed by atoms with van der Waals surface area (Å²) in [6, 6.07) is 3.72. The van der Waals surface area contributed by atoms with Gasteiger partial charge in [-0.05, 0) is 41.3 Å². The molecule has 26 heavy (non-hydrogen) atoms. The van der Waals surface area contributed by atoms with Crippen molar-refractivity contribution in [3.05, 3.63) is 51.9 Å². The average molecular weight is 438 g/mol. The van der Waals surface area contributed by atoms with Crippen LogP contribution in [0.15, 0.2) is 46.3 Å². The van der Waals surface area contributed by atoms with E-state index < -0.39 is 0 Å². The van der Waals surface area contributed by atoms with Gasteiger partial charge in [-0.3, -0.25) is 14.9 Å². The first-order valence-corrected chi connectivity index (χ1v) is 9.00. The monoisotopic (exact) mass is 436 g/mol. The van der Waals surface area contributed by atoms with Crippen molar-refractivity contribution in [2.45, 2.75) is 19.3 Å². The van der Waals surface area contributed by atoms with Crippen molar-refractivity contribution in [2.75, 3.05) is 18.0 Å². The van der Waals surface area contributed by atoms with Crippen LogP contribution in [-0.2, 0) is 0 Å². The van der Waals surface area contributed by atoms with Gasteiger partial charge in [0.2, 0.25) is 0 Å². The molecule has 7 nitrogen and oxygen atoms in total. The normalized spacial score (nSPS) is 14.1. The van der Waals surface area contributed by atoms with Gasteiger partial charge in [-0.15, -0.1) is 12.4 Å². The van der Waals surface area contributed by atoms with Crippen LogP contribution in [0, 0.1) is 0 Å². The summed E-state index contributed by atoms with van der Waals surface area (Å²) < 4.78 is 2.26. The first-order valence-electron chi connectivity index (χ1n) is 8.21. The van der Waals surface area contributed by atoms with E-state index in [1.165, 1.54) is 30.3 Å². The van der Waals surface area contributed by atoms with Crippen molar-refractivity contribution in [3.63, 3.8) is 0 Å². The SMILES string of the molecule is Cl.O=c1c(-c2cncc(Br)c2)c[nH]n1-c1cc(N2CCCCC2)ncn1. The van der Waals surface area contributed by atoms with Crippen LogP contribution in [-0.4, -0.2) is 37.8 Å². The number of rotatable bonds is 3. The number of piperidine rings is 1. The number of nitrogens with one attached hydrogen (secondary N) is 1. The van der Waals surface area contributed by atoms with Gasteiger partial charge in [0.15, 0.2) is 5.82 Å². The minimum atomic E-state index is -0.164. The first-order chi connectivity index (χ1) is 12.2. The third-order valence-corrected chi connectivity index (χ3v) is 4.77. The number of aromatic amines is 1. The topological polar surface area (TPSA) is 79.7 Å². The Kier molecular flexibility index (Phi) is 5.73. The molecule has 0 bridgehead atoms. The molecule has 3 aromatic heterocycles. The van der Waals surface area contributed by atoms with Gasteiger partial charge in [0.05, 0.1) is 5.56 Å². The minimum Gasteiger partial charge on any atom is -0.356 e. The lowest BCUT2D eigenvalue weighted by molar-refractivity contribution is 0.572. The van der Waals surface area contributed by atoms with Gasteiger partial charge in [-0.2, -0.15) is 0 Å². The molecule has 136 valence electrons. The molecule has 1 N–H and O–H groups in total. The largest absolute Gasteiger partial charge is 0.356 e. The molecule has 0 atom stereocenters. The molecule has 0 saturated carbocycles. The zero-order valence-corrected chi connectivity index (χ0v) is 16.3. The Morgan fingerprint density at radius 2 is 1.81 bits per heavy atom. The van der Waals surface area contributed by atoms with E-state index in [9.17, 15) is 4.79 Å². The fourth-order valence-electron chi connectivity index (χ4n) is 3.06. The van der Waals surface area contributed by atoms with Crippen molar-refractivity contribution in [1.82, 2.24) is 24.7 Å². The number of hydrogen-bond acceptors (Lipinski definition) is 5. The number of hydrogen-bond donors (Lipinski definition) is 1. The molecule has 0 aliphatic carbocycles. The standard InChI is InChI=1S/C17H17BrN6O.ClH/c18-13-6-12(8-19-9-13)14-10-22-24(17(14)25)16-7-15(20-11-21-16)23-4-2-1-3-5-23;/h6-11,22H,1-5H2;1H. The van der Waals surface area contributed by atoms with Gasteiger partial charge in [-0.1, -0.05) is 0 Å². The van der Waals surface area contributed by atoms with Crippen LogP contribution in [0.5, 0.6) is 0 Å². The van der Waals surface area contributed by atoms with E-state index in [1.54, 1.807) is 18.6 Å². The summed E-state index contributed by atoms with van der Waals surface area (Å²) in [5, 5.41) is 2.99. The summed E-state index contributed by atoms with van der Waals surface area (Å²) in [6.07, 6.45) is 10.1. The molecule has 3 aromatic rings. The molecule has 1 aliphatic heterocycles. The average Bonchev–Trinajstić information content (AvgIpc) is 3.04. The lowest BCUT2D eigenvalue weighted by Gasteiger charge is -2.27. The molecule has 0 amide bonds. The summed E-state index contributed by atoms with van der Waals surface area (Å²) in [4.78, 5) is 27.8. The van der Waals surface area contributed by atoms with E-state index >= 15 is 0 Å². The predicted molar refractivity (Wildman–Crippen MR) is 106 cm³/mol. The molecule has 1 aliphatic rings. The maximum absolute atomic E-state index is 12.8. The number of pyridine rings is 1. The molecule has 0 spiro atoms. The van der Waals surface area contributed by atoms with Crippen molar-refractivity contribution in [1.29, 1.82) is 0 Å². The highest BCUT2D eigenvalue weighted by molar-refractivity contribution is 9.10. The lowest BCUT2D eigenvalue weighted by atomic mass is 10.1. The third kappa shape index (κ3) is 3.66. The maximum Gasteiger partial charge on any atom is 0.280 e. The van der Waals surface area contributed by atoms with Crippen LogP contribution in [0.1, 0.15) is 19.3 Å². The summed E-state index contributed by atoms with van der Waals surface area (Å²) in [7, 11) is 0. The van der Waals surface area contributed by atoms with Gasteiger partial charge in [0, 0.05) is 47.8 Å². The Labute approximate surface area is 165 Å². The summed E-state index contributed by atoms with van der Waals surface area (Å²) in [6.45, 7) is 1.98. The second kappa shape index (κ2) is 8.01. The Hall–Kier alpha value is -2.19. The molecule has 0 aromatic carbocycles. The van der Waals surface area contributed by atoms with E-state index in [0.29, 0.717) is 11.4 Å². The van der Waals surface area contributed by atoms with E-state index in [2.05, 4.69) is 40.9 Å². The van der Waals surface area contributed by atoms with Crippen molar-refractivity contribution in [3.8, 4) is 16.9 Å². The van der Waals surface area contributed by atoms with Crippen LogP contribution >= 0.6 is 28.3 Å². The second-order valence-electron chi connectivity index (χ2n) is 6.00. The van der Waals surface area contributed by atoms with Crippen LogP contribution in [0.4, 0.5) is 5.82 Å². The van der Waals surface area contributed by atoms with E-state index in [-0.39, 0.29) is 18.0 Å². The molecule has 9 heteroatoms. The van der Waals surface area contributed by atoms with Crippen LogP contribution in [0.3, 0.4) is 0 Å². The zero-order chi connectivity index (χ0) is 17.2. The second-order valence-corrected chi connectivity index (χ2v) is 6.92. The molecule has 0 radical (unpaired) electrons. The van der Waals surface area contributed by atoms with Gasteiger partial charge >= 0.3 is 0 Å². The smallest absolute Gasteiger partial charge is 0.280 e. The van der Waals surface area contributed by atoms with Crippen molar-refractivity contribution in [2.24, 2.45) is 0 Å². The molecule has 4 rings (SSSR count). The molecule has 4 heterocycles. The molecular formula is C17H18BrClN6O. The Morgan fingerprint density at radius 1 is 1.04 bits per heavy atom. The molecule has 1 fully saturated rings. The molecule has 0 unspecified atom stereocenters. The Morgan fingerprint density at radius 3 is 2.58 bits per heavy atom. The van der Waals surface area contributed by atoms with Gasteiger partial charge in [-0.25, -0.2) is 14.6 Å². The number of halogens is 2. The summed E-state index contributed by atoms with van der Waals surface area (Å²) >= 11 is 3.38. The van der Waals surface area contributed by atoms with E-state index in [4.69, 9.17) is 0 Å².